The Balaban J connectivity index is 2.45. The van der Waals surface area contributed by atoms with Crippen molar-refractivity contribution in [3.63, 3.8) is 0 Å². The molecular weight excluding hydrogens is 236 g/mol. The molecule has 0 aliphatic heterocycles. The average Bonchev–Trinajstić information content (AvgIpc) is 2.81. The zero-order valence-electron chi connectivity index (χ0n) is 9.64. The predicted octanol–water partition coefficient (Wildman–Crippen LogP) is -1.26. The van der Waals surface area contributed by atoms with Crippen molar-refractivity contribution in [2.45, 2.75) is 12.5 Å². The molecule has 1 aromatic heterocycles. The summed E-state index contributed by atoms with van der Waals surface area (Å²) < 4.78 is 0. The molecule has 1 heterocycles. The molecule has 0 spiro atoms. The Morgan fingerprint density at radius 2 is 2.39 bits per heavy atom. The van der Waals surface area contributed by atoms with Crippen molar-refractivity contribution in [2.75, 3.05) is 13.1 Å². The molecule has 0 aromatic carbocycles. The molecule has 0 radical (unpaired) electrons. The van der Waals surface area contributed by atoms with E-state index in [9.17, 15) is 9.59 Å². The molecule has 0 unspecified atom stereocenters. The largest absolute Gasteiger partial charge is 0.480 e. The van der Waals surface area contributed by atoms with Gasteiger partial charge in [0.15, 0.2) is 0 Å². The van der Waals surface area contributed by atoms with E-state index in [1.807, 2.05) is 0 Å². The van der Waals surface area contributed by atoms with Gasteiger partial charge in [0.25, 0.3) is 0 Å². The number of hydrogen-bond acceptors (Lipinski definition) is 4. The quantitative estimate of drug-likeness (QED) is 0.357. The Bertz CT molecular complexity index is 436. The zero-order valence-corrected chi connectivity index (χ0v) is 9.64. The topological polar surface area (TPSA) is 107 Å². The van der Waals surface area contributed by atoms with Gasteiger partial charge in [0, 0.05) is 18.3 Å². The normalized spacial score (nSPS) is 11.5. The van der Waals surface area contributed by atoms with Gasteiger partial charge in [-0.05, 0) is 0 Å². The molecule has 7 heteroatoms. The summed E-state index contributed by atoms with van der Waals surface area (Å²) in [6, 6.07) is -0.995. The summed E-state index contributed by atoms with van der Waals surface area (Å²) in [7, 11) is 0. The van der Waals surface area contributed by atoms with E-state index in [2.05, 4.69) is 26.5 Å². The van der Waals surface area contributed by atoms with E-state index in [1.54, 1.807) is 0 Å². The lowest BCUT2D eigenvalue weighted by molar-refractivity contribution is -0.141. The van der Waals surface area contributed by atoms with Crippen LogP contribution in [0.5, 0.6) is 0 Å². The molecule has 1 aromatic rings. The van der Waals surface area contributed by atoms with E-state index in [0.29, 0.717) is 5.69 Å². The first-order valence-corrected chi connectivity index (χ1v) is 5.27. The molecule has 4 N–H and O–H groups in total. The highest BCUT2D eigenvalue weighted by Gasteiger charge is 2.20. The van der Waals surface area contributed by atoms with Gasteiger partial charge >= 0.3 is 5.97 Å². The minimum Gasteiger partial charge on any atom is -0.480 e. The molecule has 0 saturated carbocycles. The highest BCUT2D eigenvalue weighted by molar-refractivity contribution is 5.84. The maximum absolute atomic E-state index is 11.4. The van der Waals surface area contributed by atoms with Crippen LogP contribution >= 0.6 is 0 Å². The molecule has 0 aliphatic rings. The van der Waals surface area contributed by atoms with Crippen LogP contribution in [0.2, 0.25) is 0 Å². The summed E-state index contributed by atoms with van der Waals surface area (Å²) in [5, 5.41) is 14.1. The number of carboxylic acids is 1. The van der Waals surface area contributed by atoms with Crippen LogP contribution < -0.4 is 10.6 Å². The molecule has 0 fully saturated rings. The number of amides is 1. The van der Waals surface area contributed by atoms with Gasteiger partial charge < -0.3 is 15.4 Å². The van der Waals surface area contributed by atoms with Crippen molar-refractivity contribution in [1.82, 2.24) is 20.6 Å². The zero-order chi connectivity index (χ0) is 13.4. The Morgan fingerprint density at radius 1 is 1.61 bits per heavy atom. The van der Waals surface area contributed by atoms with Crippen LogP contribution in [-0.4, -0.2) is 46.1 Å². The van der Waals surface area contributed by atoms with Gasteiger partial charge in [-0.3, -0.25) is 10.1 Å². The van der Waals surface area contributed by atoms with Crippen LogP contribution in [0.15, 0.2) is 12.5 Å². The molecule has 1 amide bonds. The smallest absolute Gasteiger partial charge is 0.326 e. The van der Waals surface area contributed by atoms with Crippen LogP contribution in [-0.2, 0) is 16.0 Å². The van der Waals surface area contributed by atoms with E-state index < -0.39 is 17.9 Å². The molecule has 7 nitrogen and oxygen atoms in total. The molecule has 0 aliphatic carbocycles. The summed E-state index contributed by atoms with van der Waals surface area (Å²) in [5.41, 5.74) is 0.638. The van der Waals surface area contributed by atoms with Crippen molar-refractivity contribution in [3.05, 3.63) is 18.2 Å². The van der Waals surface area contributed by atoms with Gasteiger partial charge in [-0.15, -0.1) is 6.42 Å². The van der Waals surface area contributed by atoms with Gasteiger partial charge in [-0.25, -0.2) is 9.78 Å². The summed E-state index contributed by atoms with van der Waals surface area (Å²) >= 11 is 0. The third-order valence-electron chi connectivity index (χ3n) is 2.12. The van der Waals surface area contributed by atoms with Crippen LogP contribution in [0.4, 0.5) is 0 Å². The first kappa shape index (κ1) is 13.7. The van der Waals surface area contributed by atoms with Crippen LogP contribution in [0, 0.1) is 12.3 Å². The Kier molecular flexibility index (Phi) is 5.41. The summed E-state index contributed by atoms with van der Waals surface area (Å²) in [6.07, 6.45) is 8.12. The predicted molar refractivity (Wildman–Crippen MR) is 63.6 cm³/mol. The van der Waals surface area contributed by atoms with Gasteiger partial charge in [0.2, 0.25) is 5.91 Å². The number of aromatic nitrogens is 2. The van der Waals surface area contributed by atoms with Crippen molar-refractivity contribution in [2.24, 2.45) is 0 Å². The van der Waals surface area contributed by atoms with E-state index in [1.165, 1.54) is 12.5 Å². The summed E-state index contributed by atoms with van der Waals surface area (Å²) in [6.45, 7) is 0.239. The number of aromatic amines is 1. The lowest BCUT2D eigenvalue weighted by Gasteiger charge is -2.13. The second kappa shape index (κ2) is 7.09. The van der Waals surface area contributed by atoms with Gasteiger partial charge in [0.05, 0.1) is 19.4 Å². The number of carbonyl (C=O) groups excluding carboxylic acids is 1. The van der Waals surface area contributed by atoms with Crippen molar-refractivity contribution < 1.29 is 14.7 Å². The average molecular weight is 250 g/mol. The molecule has 1 atom stereocenters. The first-order valence-electron chi connectivity index (χ1n) is 5.27. The Hall–Kier alpha value is -2.33. The van der Waals surface area contributed by atoms with Crippen molar-refractivity contribution >= 4 is 11.9 Å². The van der Waals surface area contributed by atoms with Crippen molar-refractivity contribution in [3.8, 4) is 12.3 Å². The number of rotatable bonds is 7. The standard InChI is InChI=1S/C11H14N4O3/c1-2-3-12-6-10(16)15-9(11(17)18)4-8-5-13-7-14-8/h1,5,7,9,12H,3-4,6H2,(H,13,14)(H,15,16)(H,17,18)/t9-/m1/s1. The fourth-order valence-electron chi connectivity index (χ4n) is 1.31. The lowest BCUT2D eigenvalue weighted by Crippen LogP contribution is -2.45. The number of terminal acetylenes is 1. The third-order valence-corrected chi connectivity index (χ3v) is 2.12. The molecule has 96 valence electrons. The Morgan fingerprint density at radius 3 is 2.94 bits per heavy atom. The van der Waals surface area contributed by atoms with E-state index in [-0.39, 0.29) is 19.5 Å². The minimum absolute atomic E-state index is 0.0169. The van der Waals surface area contributed by atoms with E-state index in [0.717, 1.165) is 0 Å². The lowest BCUT2D eigenvalue weighted by atomic mass is 10.1. The number of hydrogen-bond donors (Lipinski definition) is 4. The number of H-pyrrole nitrogens is 1. The van der Waals surface area contributed by atoms with E-state index >= 15 is 0 Å². The first-order chi connectivity index (χ1) is 8.63. The fourth-order valence-corrected chi connectivity index (χ4v) is 1.31. The van der Waals surface area contributed by atoms with E-state index in [4.69, 9.17) is 11.5 Å². The number of nitrogens with one attached hydrogen (secondary N) is 3. The van der Waals surface area contributed by atoms with Crippen LogP contribution in [0.1, 0.15) is 5.69 Å². The van der Waals surface area contributed by atoms with Gasteiger partial charge in [-0.1, -0.05) is 5.92 Å². The second-order valence-electron chi connectivity index (χ2n) is 3.55. The van der Waals surface area contributed by atoms with Gasteiger partial charge in [0.1, 0.15) is 6.04 Å². The number of nitrogens with zero attached hydrogens (tertiary/aromatic N) is 1. The highest BCUT2D eigenvalue weighted by Crippen LogP contribution is 1.98. The number of carboxylic acid groups (broad SMARTS) is 1. The minimum atomic E-state index is -1.10. The van der Waals surface area contributed by atoms with Crippen LogP contribution in [0.25, 0.3) is 0 Å². The summed E-state index contributed by atoms with van der Waals surface area (Å²) in [5.74, 6) is 0.794. The van der Waals surface area contributed by atoms with Crippen LogP contribution in [0.3, 0.4) is 0 Å². The monoisotopic (exact) mass is 250 g/mol. The molecular formula is C11H14N4O3. The molecule has 1 rings (SSSR count). The SMILES string of the molecule is C#CCNCC(=O)N[C@H](Cc1cnc[nH]1)C(=O)O. The second-order valence-corrected chi connectivity index (χ2v) is 3.55. The van der Waals surface area contributed by atoms with Gasteiger partial charge in [-0.2, -0.15) is 0 Å². The number of carbonyl (C=O) groups is 2. The number of aliphatic carboxylic acids is 1. The number of imidazole rings is 1. The molecule has 0 bridgehead atoms. The fraction of sp³-hybridized carbons (Fsp3) is 0.364. The molecule has 0 saturated heterocycles. The van der Waals surface area contributed by atoms with Crippen molar-refractivity contribution in [1.29, 1.82) is 0 Å². The Labute approximate surface area is 104 Å². The molecule has 18 heavy (non-hydrogen) atoms. The third kappa shape index (κ3) is 4.67. The summed E-state index contributed by atoms with van der Waals surface area (Å²) in [4.78, 5) is 29.0. The highest BCUT2D eigenvalue weighted by atomic mass is 16.4. The maximum atomic E-state index is 11.4. The maximum Gasteiger partial charge on any atom is 0.326 e.